The van der Waals surface area contributed by atoms with Gasteiger partial charge >= 0.3 is 0 Å². The van der Waals surface area contributed by atoms with Crippen LogP contribution in [0.2, 0.25) is 0 Å². The summed E-state index contributed by atoms with van der Waals surface area (Å²) in [6.07, 6.45) is 2.94. The lowest BCUT2D eigenvalue weighted by Gasteiger charge is -2.45. The van der Waals surface area contributed by atoms with Gasteiger partial charge in [-0.1, -0.05) is 6.92 Å². The molecule has 4 heteroatoms. The number of nitrogens with zero attached hydrogens (tertiary/aromatic N) is 1. The van der Waals surface area contributed by atoms with E-state index < -0.39 is 10.7 Å². The highest BCUT2D eigenvalue weighted by Gasteiger charge is 2.54. The van der Waals surface area contributed by atoms with E-state index in [2.05, 4.69) is 0 Å². The summed E-state index contributed by atoms with van der Waals surface area (Å²) in [7, 11) is 1.76. The molecule has 0 amide bonds. The van der Waals surface area contributed by atoms with Crippen molar-refractivity contribution >= 4 is 11.8 Å². The number of piperidine rings is 1. The van der Waals surface area contributed by atoms with Gasteiger partial charge in [0.15, 0.2) is 0 Å². The van der Waals surface area contributed by atoms with Gasteiger partial charge in [0, 0.05) is 0 Å². The van der Waals surface area contributed by atoms with Crippen LogP contribution in [0.25, 0.3) is 0 Å². The number of halogens is 2. The normalized spacial score (nSPS) is 34.8. The number of rotatable bonds is 2. The van der Waals surface area contributed by atoms with Crippen LogP contribution in [-0.2, 0) is 0 Å². The molecule has 1 unspecified atom stereocenters. The maximum atomic E-state index is 13.7. The number of thioether (sulfide) groups is 1. The molecule has 1 nitrogen and oxygen atoms in total. The highest BCUT2D eigenvalue weighted by Crippen LogP contribution is 2.47. The van der Waals surface area contributed by atoms with E-state index in [-0.39, 0.29) is 6.54 Å². The minimum Gasteiger partial charge on any atom is -0.300 e. The van der Waals surface area contributed by atoms with E-state index in [1.165, 1.54) is 11.8 Å². The van der Waals surface area contributed by atoms with Crippen molar-refractivity contribution < 1.29 is 8.78 Å². The first-order valence-corrected chi connectivity index (χ1v) is 5.81. The van der Waals surface area contributed by atoms with Crippen molar-refractivity contribution in [2.24, 2.45) is 0 Å². The van der Waals surface area contributed by atoms with Crippen LogP contribution in [0.15, 0.2) is 0 Å². The molecule has 1 heterocycles. The number of likely N-dealkylation sites (tertiary alicyclic amines) is 1. The smallest absolute Gasteiger partial charge is 0.274 e. The number of hydrogen-bond donors (Lipinski definition) is 0. The molecule has 0 aromatic carbocycles. The molecule has 0 aromatic heterocycles. The first kappa shape index (κ1) is 11.2. The second kappa shape index (κ2) is 3.73. The fourth-order valence-corrected chi connectivity index (χ4v) is 2.89. The second-order valence-corrected chi connectivity index (χ2v) is 4.93. The Morgan fingerprint density at radius 3 is 2.46 bits per heavy atom. The lowest BCUT2D eigenvalue weighted by atomic mass is 9.89. The van der Waals surface area contributed by atoms with Crippen molar-refractivity contribution in [1.82, 2.24) is 4.90 Å². The zero-order chi connectivity index (χ0) is 10.1. The molecule has 1 fully saturated rings. The Morgan fingerprint density at radius 2 is 2.08 bits per heavy atom. The summed E-state index contributed by atoms with van der Waals surface area (Å²) in [5.41, 5.74) is 0. The Kier molecular flexibility index (Phi) is 3.23. The molecule has 0 aliphatic carbocycles. The largest absolute Gasteiger partial charge is 0.300 e. The fraction of sp³-hybridized carbons (Fsp3) is 1.00. The van der Waals surface area contributed by atoms with Crippen LogP contribution in [0, 0.1) is 0 Å². The van der Waals surface area contributed by atoms with Crippen molar-refractivity contribution in [3.05, 3.63) is 0 Å². The van der Waals surface area contributed by atoms with Gasteiger partial charge in [0.25, 0.3) is 5.92 Å². The molecule has 1 rings (SSSR count). The molecule has 1 aliphatic heterocycles. The van der Waals surface area contributed by atoms with Crippen LogP contribution in [0.1, 0.15) is 19.8 Å². The van der Waals surface area contributed by atoms with Gasteiger partial charge in [-0.25, -0.2) is 8.78 Å². The molecular weight excluding hydrogens is 192 g/mol. The van der Waals surface area contributed by atoms with Gasteiger partial charge in [0.05, 0.1) is 11.3 Å². The molecule has 13 heavy (non-hydrogen) atoms. The van der Waals surface area contributed by atoms with Gasteiger partial charge in [-0.05, 0) is 32.7 Å². The first-order chi connectivity index (χ1) is 5.97. The van der Waals surface area contributed by atoms with Crippen molar-refractivity contribution in [2.75, 3.05) is 26.4 Å². The van der Waals surface area contributed by atoms with Crippen molar-refractivity contribution in [3.8, 4) is 0 Å². The van der Waals surface area contributed by atoms with E-state index in [0.29, 0.717) is 12.8 Å². The SMILES string of the molecule is CCC1(SC)CCN(C)CC1(F)F. The van der Waals surface area contributed by atoms with Gasteiger partial charge in [0.1, 0.15) is 0 Å². The van der Waals surface area contributed by atoms with Crippen LogP contribution in [0.5, 0.6) is 0 Å². The molecule has 0 bridgehead atoms. The van der Waals surface area contributed by atoms with Crippen molar-refractivity contribution in [1.29, 1.82) is 0 Å². The molecule has 0 saturated carbocycles. The van der Waals surface area contributed by atoms with Gasteiger partial charge < -0.3 is 4.90 Å². The summed E-state index contributed by atoms with van der Waals surface area (Å²) >= 11 is 1.33. The van der Waals surface area contributed by atoms with Crippen LogP contribution in [0.4, 0.5) is 8.78 Å². The maximum absolute atomic E-state index is 13.7. The van der Waals surface area contributed by atoms with E-state index in [0.717, 1.165) is 6.54 Å². The highest BCUT2D eigenvalue weighted by atomic mass is 32.2. The highest BCUT2D eigenvalue weighted by molar-refractivity contribution is 8.00. The quantitative estimate of drug-likeness (QED) is 0.687. The Labute approximate surface area is 82.9 Å². The molecule has 1 aliphatic rings. The Balaban J connectivity index is 2.84. The molecule has 0 N–H and O–H groups in total. The summed E-state index contributed by atoms with van der Waals surface area (Å²) in [5.74, 6) is -2.55. The molecule has 78 valence electrons. The number of alkyl halides is 2. The number of hydrogen-bond acceptors (Lipinski definition) is 2. The topological polar surface area (TPSA) is 3.24 Å². The third-order valence-corrected chi connectivity index (χ3v) is 4.57. The third-order valence-electron chi connectivity index (χ3n) is 2.99. The zero-order valence-corrected chi connectivity index (χ0v) is 9.26. The average molecular weight is 209 g/mol. The van der Waals surface area contributed by atoms with Crippen LogP contribution >= 0.6 is 11.8 Å². The molecule has 1 saturated heterocycles. The van der Waals surface area contributed by atoms with E-state index in [1.807, 2.05) is 6.92 Å². The Morgan fingerprint density at radius 1 is 1.46 bits per heavy atom. The zero-order valence-electron chi connectivity index (χ0n) is 8.44. The monoisotopic (exact) mass is 209 g/mol. The van der Waals surface area contributed by atoms with Gasteiger partial charge in [-0.3, -0.25) is 0 Å². The van der Waals surface area contributed by atoms with Crippen molar-refractivity contribution in [3.63, 3.8) is 0 Å². The third kappa shape index (κ3) is 1.84. The van der Waals surface area contributed by atoms with E-state index in [4.69, 9.17) is 0 Å². The minimum absolute atomic E-state index is 0.0956. The van der Waals surface area contributed by atoms with Gasteiger partial charge in [-0.15, -0.1) is 0 Å². The summed E-state index contributed by atoms with van der Waals surface area (Å²) in [6, 6.07) is 0. The summed E-state index contributed by atoms with van der Waals surface area (Å²) in [5, 5.41) is 0. The lowest BCUT2D eigenvalue weighted by Crippen LogP contribution is -2.57. The molecule has 0 aromatic rings. The standard InChI is InChI=1S/C9H17F2NS/c1-4-8(13-3)5-6-12(2)7-9(8,10)11/h4-7H2,1-3H3. The van der Waals surface area contributed by atoms with E-state index in [1.54, 1.807) is 18.2 Å². The predicted molar refractivity (Wildman–Crippen MR) is 53.6 cm³/mol. The van der Waals surface area contributed by atoms with E-state index in [9.17, 15) is 8.78 Å². The summed E-state index contributed by atoms with van der Waals surface area (Å²) < 4.78 is 26.6. The first-order valence-electron chi connectivity index (χ1n) is 4.59. The van der Waals surface area contributed by atoms with Crippen LogP contribution in [0.3, 0.4) is 0 Å². The van der Waals surface area contributed by atoms with Crippen LogP contribution in [-0.4, -0.2) is 42.0 Å². The minimum atomic E-state index is -2.55. The fourth-order valence-electron chi connectivity index (χ4n) is 1.95. The summed E-state index contributed by atoms with van der Waals surface area (Å²) in [4.78, 5) is 1.71. The van der Waals surface area contributed by atoms with Crippen LogP contribution < -0.4 is 0 Å². The molecule has 1 atom stereocenters. The average Bonchev–Trinajstić information content (AvgIpc) is 2.04. The molecule has 0 spiro atoms. The Hall–Kier alpha value is 0.170. The summed E-state index contributed by atoms with van der Waals surface area (Å²) in [6.45, 7) is 2.54. The van der Waals surface area contributed by atoms with E-state index >= 15 is 0 Å². The van der Waals surface area contributed by atoms with Gasteiger partial charge in [0.2, 0.25) is 0 Å². The molecular formula is C9H17F2NS. The van der Waals surface area contributed by atoms with Crippen molar-refractivity contribution in [2.45, 2.75) is 30.4 Å². The lowest BCUT2D eigenvalue weighted by molar-refractivity contribution is -0.0886. The van der Waals surface area contributed by atoms with Gasteiger partial charge in [-0.2, -0.15) is 11.8 Å². The predicted octanol–water partition coefficient (Wildman–Crippen LogP) is 2.47. The second-order valence-electron chi connectivity index (χ2n) is 3.74. The Bertz CT molecular complexity index is 180. The molecule has 0 radical (unpaired) electrons. The maximum Gasteiger partial charge on any atom is 0.274 e.